The highest BCUT2D eigenvalue weighted by atomic mass is 16.5. The molecule has 4 nitrogen and oxygen atoms in total. The van der Waals surface area contributed by atoms with Gasteiger partial charge >= 0.3 is 0 Å². The Morgan fingerprint density at radius 3 is 3.05 bits per heavy atom. The zero-order chi connectivity index (χ0) is 14.7. The largest absolute Gasteiger partial charge is 0.497 e. The van der Waals surface area contributed by atoms with Gasteiger partial charge < -0.3 is 14.5 Å². The van der Waals surface area contributed by atoms with Gasteiger partial charge in [-0.15, -0.1) is 0 Å². The zero-order valence-corrected chi connectivity index (χ0v) is 12.7. The number of methoxy groups -OCH3 is 1. The summed E-state index contributed by atoms with van der Waals surface area (Å²) in [6.45, 7) is 2.77. The van der Waals surface area contributed by atoms with Crippen LogP contribution in [0.15, 0.2) is 28.8 Å². The molecule has 112 valence electrons. The molecule has 0 saturated carbocycles. The molecular weight excluding hydrogens is 264 g/mol. The van der Waals surface area contributed by atoms with E-state index in [0.717, 1.165) is 43.1 Å². The number of benzene rings is 1. The van der Waals surface area contributed by atoms with E-state index in [4.69, 9.17) is 9.15 Å². The molecule has 1 aromatic heterocycles. The van der Waals surface area contributed by atoms with Gasteiger partial charge in [0.05, 0.1) is 19.9 Å². The minimum atomic E-state index is 0.474. The molecule has 0 fully saturated rings. The minimum absolute atomic E-state index is 0.474. The third-order valence-corrected chi connectivity index (χ3v) is 4.13. The number of hydrogen-bond donors (Lipinski definition) is 1. The van der Waals surface area contributed by atoms with E-state index in [0.29, 0.717) is 12.6 Å². The number of ether oxygens (including phenoxy) is 1. The van der Waals surface area contributed by atoms with Crippen LogP contribution < -0.4 is 10.1 Å². The van der Waals surface area contributed by atoms with Gasteiger partial charge in [0.1, 0.15) is 11.5 Å². The number of nitrogens with one attached hydrogen (secondary N) is 1. The molecule has 1 aromatic carbocycles. The number of rotatable bonds is 5. The monoisotopic (exact) mass is 286 g/mol. The predicted octanol–water partition coefficient (Wildman–Crippen LogP) is 2.89. The Morgan fingerprint density at radius 1 is 1.38 bits per heavy atom. The quantitative estimate of drug-likeness (QED) is 0.918. The van der Waals surface area contributed by atoms with Crippen LogP contribution in [0.5, 0.6) is 5.75 Å². The lowest BCUT2D eigenvalue weighted by molar-refractivity contribution is 0.392. The summed E-state index contributed by atoms with van der Waals surface area (Å²) in [5.41, 5.74) is 2.83. The second kappa shape index (κ2) is 6.31. The Labute approximate surface area is 125 Å². The van der Waals surface area contributed by atoms with Gasteiger partial charge in [-0.2, -0.15) is 0 Å². The lowest BCUT2D eigenvalue weighted by atomic mass is 9.88. The SMILES string of the molecule is CCc1cnc(CNC2CCc3ccc(OC)cc3C2)o1. The molecule has 1 aliphatic carbocycles. The van der Waals surface area contributed by atoms with Crippen molar-refractivity contribution in [3.8, 4) is 5.75 Å². The summed E-state index contributed by atoms with van der Waals surface area (Å²) in [7, 11) is 1.72. The first kappa shape index (κ1) is 14.1. The van der Waals surface area contributed by atoms with E-state index in [-0.39, 0.29) is 0 Å². The summed E-state index contributed by atoms with van der Waals surface area (Å²) in [5, 5.41) is 3.56. The van der Waals surface area contributed by atoms with Crippen LogP contribution in [0.4, 0.5) is 0 Å². The molecular formula is C17H22N2O2. The summed E-state index contributed by atoms with van der Waals surface area (Å²) in [4.78, 5) is 4.29. The third-order valence-electron chi connectivity index (χ3n) is 4.13. The molecule has 2 aromatic rings. The molecule has 0 radical (unpaired) electrons. The summed E-state index contributed by atoms with van der Waals surface area (Å²) in [6, 6.07) is 6.86. The van der Waals surface area contributed by atoms with Crippen molar-refractivity contribution in [2.45, 2.75) is 45.2 Å². The van der Waals surface area contributed by atoms with E-state index >= 15 is 0 Å². The lowest BCUT2D eigenvalue weighted by Gasteiger charge is -2.25. The molecule has 3 rings (SSSR count). The van der Waals surface area contributed by atoms with Crippen molar-refractivity contribution in [1.29, 1.82) is 0 Å². The van der Waals surface area contributed by atoms with E-state index in [1.165, 1.54) is 11.1 Å². The number of fused-ring (bicyclic) bond motifs is 1. The molecule has 0 bridgehead atoms. The smallest absolute Gasteiger partial charge is 0.208 e. The first-order valence-electron chi connectivity index (χ1n) is 7.61. The summed E-state index contributed by atoms with van der Waals surface area (Å²) in [5.74, 6) is 2.67. The van der Waals surface area contributed by atoms with Crippen LogP contribution in [-0.2, 0) is 25.8 Å². The van der Waals surface area contributed by atoms with Crippen LogP contribution in [0.2, 0.25) is 0 Å². The van der Waals surface area contributed by atoms with Crippen molar-refractivity contribution in [1.82, 2.24) is 10.3 Å². The molecule has 1 N–H and O–H groups in total. The maximum absolute atomic E-state index is 5.64. The standard InChI is InChI=1S/C17H22N2O2/c1-3-15-10-19-17(21-15)11-18-14-6-4-12-5-7-16(20-2)9-13(12)8-14/h5,7,9-10,14,18H,3-4,6,8,11H2,1-2H3. The number of aromatic nitrogens is 1. The third kappa shape index (κ3) is 3.27. The maximum Gasteiger partial charge on any atom is 0.208 e. The molecule has 0 aliphatic heterocycles. The normalized spacial score (nSPS) is 17.5. The Morgan fingerprint density at radius 2 is 2.29 bits per heavy atom. The predicted molar refractivity (Wildman–Crippen MR) is 81.5 cm³/mol. The fourth-order valence-corrected chi connectivity index (χ4v) is 2.86. The zero-order valence-electron chi connectivity index (χ0n) is 12.7. The van der Waals surface area contributed by atoms with E-state index in [1.807, 2.05) is 12.3 Å². The van der Waals surface area contributed by atoms with Crippen molar-refractivity contribution in [3.05, 3.63) is 47.2 Å². The summed E-state index contributed by atoms with van der Waals surface area (Å²) in [6.07, 6.45) is 6.01. The summed E-state index contributed by atoms with van der Waals surface area (Å²) >= 11 is 0. The first-order valence-corrected chi connectivity index (χ1v) is 7.61. The molecule has 1 atom stereocenters. The van der Waals surface area contributed by atoms with E-state index in [2.05, 4.69) is 29.4 Å². The average Bonchev–Trinajstić information content (AvgIpc) is 3.00. The van der Waals surface area contributed by atoms with Crippen LogP contribution in [0.25, 0.3) is 0 Å². The van der Waals surface area contributed by atoms with Crippen LogP contribution in [0, 0.1) is 0 Å². The van der Waals surface area contributed by atoms with Crippen molar-refractivity contribution in [3.63, 3.8) is 0 Å². The second-order valence-corrected chi connectivity index (χ2v) is 5.53. The van der Waals surface area contributed by atoms with Crippen molar-refractivity contribution in [2.75, 3.05) is 7.11 Å². The van der Waals surface area contributed by atoms with Gasteiger partial charge in [-0.1, -0.05) is 13.0 Å². The van der Waals surface area contributed by atoms with Crippen LogP contribution in [0.3, 0.4) is 0 Å². The van der Waals surface area contributed by atoms with Gasteiger partial charge in [0.25, 0.3) is 0 Å². The van der Waals surface area contributed by atoms with E-state index in [1.54, 1.807) is 7.11 Å². The maximum atomic E-state index is 5.64. The average molecular weight is 286 g/mol. The van der Waals surface area contributed by atoms with Crippen molar-refractivity contribution >= 4 is 0 Å². The van der Waals surface area contributed by atoms with Crippen LogP contribution >= 0.6 is 0 Å². The molecule has 1 heterocycles. The highest BCUT2D eigenvalue weighted by molar-refractivity contribution is 5.37. The molecule has 1 aliphatic rings. The van der Waals surface area contributed by atoms with Crippen LogP contribution in [-0.4, -0.2) is 18.1 Å². The van der Waals surface area contributed by atoms with Gasteiger partial charge in [0.15, 0.2) is 0 Å². The minimum Gasteiger partial charge on any atom is -0.497 e. The molecule has 0 amide bonds. The number of hydrogen-bond acceptors (Lipinski definition) is 4. The molecule has 21 heavy (non-hydrogen) atoms. The second-order valence-electron chi connectivity index (χ2n) is 5.53. The number of oxazole rings is 1. The first-order chi connectivity index (χ1) is 10.3. The topological polar surface area (TPSA) is 47.3 Å². The van der Waals surface area contributed by atoms with Crippen molar-refractivity contribution in [2.24, 2.45) is 0 Å². The molecule has 4 heteroatoms. The molecule has 0 saturated heterocycles. The van der Waals surface area contributed by atoms with E-state index in [9.17, 15) is 0 Å². The highest BCUT2D eigenvalue weighted by Gasteiger charge is 2.19. The Kier molecular flexibility index (Phi) is 4.25. The van der Waals surface area contributed by atoms with Crippen LogP contribution in [0.1, 0.15) is 36.1 Å². The highest BCUT2D eigenvalue weighted by Crippen LogP contribution is 2.25. The fourth-order valence-electron chi connectivity index (χ4n) is 2.86. The van der Waals surface area contributed by atoms with E-state index < -0.39 is 0 Å². The molecule has 0 spiro atoms. The van der Waals surface area contributed by atoms with Gasteiger partial charge in [0, 0.05) is 12.5 Å². The van der Waals surface area contributed by atoms with Crippen molar-refractivity contribution < 1.29 is 9.15 Å². The number of nitrogens with zero attached hydrogens (tertiary/aromatic N) is 1. The van der Waals surface area contributed by atoms with Gasteiger partial charge in [-0.3, -0.25) is 0 Å². The Balaban J connectivity index is 1.60. The van der Waals surface area contributed by atoms with Gasteiger partial charge in [-0.25, -0.2) is 4.98 Å². The fraction of sp³-hybridized carbons (Fsp3) is 0.471. The van der Waals surface area contributed by atoms with Gasteiger partial charge in [-0.05, 0) is 42.5 Å². The Hall–Kier alpha value is -1.81. The lowest BCUT2D eigenvalue weighted by Crippen LogP contribution is -2.34. The summed E-state index contributed by atoms with van der Waals surface area (Å²) < 4.78 is 11.0. The van der Waals surface area contributed by atoms with Gasteiger partial charge in [0.2, 0.25) is 5.89 Å². The Bertz CT molecular complexity index is 607. The number of aryl methyl sites for hydroxylation is 2. The molecule has 1 unspecified atom stereocenters.